The van der Waals surface area contributed by atoms with E-state index in [-0.39, 0.29) is 23.4 Å². The van der Waals surface area contributed by atoms with Gasteiger partial charge in [0.2, 0.25) is 11.6 Å². The molecule has 0 N–H and O–H groups in total. The van der Waals surface area contributed by atoms with E-state index in [1.165, 1.54) is 0 Å². The fourth-order valence-corrected chi connectivity index (χ4v) is 2.68. The van der Waals surface area contributed by atoms with E-state index < -0.39 is 0 Å². The lowest BCUT2D eigenvalue weighted by Gasteiger charge is -2.35. The quantitative estimate of drug-likeness (QED) is 0.579. The predicted octanol–water partition coefficient (Wildman–Crippen LogP) is 1.80. The first-order chi connectivity index (χ1) is 6.79. The van der Waals surface area contributed by atoms with Gasteiger partial charge in [0.15, 0.2) is 0 Å². The lowest BCUT2D eigenvalue weighted by molar-refractivity contribution is -0.141. The molecule has 2 bridgehead atoms. The van der Waals surface area contributed by atoms with Crippen molar-refractivity contribution in [1.82, 2.24) is 0 Å². The van der Waals surface area contributed by atoms with Crippen molar-refractivity contribution in [2.75, 3.05) is 0 Å². The maximum atomic E-state index is 11.6. The van der Waals surface area contributed by atoms with Crippen molar-refractivity contribution in [3.05, 3.63) is 35.4 Å². The minimum Gasteiger partial charge on any atom is -0.290 e. The Kier molecular flexibility index (Phi) is 1.43. The van der Waals surface area contributed by atoms with E-state index in [4.69, 9.17) is 0 Å². The summed E-state index contributed by atoms with van der Waals surface area (Å²) in [5.74, 6) is -0.604. The van der Waals surface area contributed by atoms with Gasteiger partial charge in [0, 0.05) is 0 Å². The van der Waals surface area contributed by atoms with Gasteiger partial charge in [-0.2, -0.15) is 0 Å². The Morgan fingerprint density at radius 3 is 1.71 bits per heavy atom. The zero-order valence-corrected chi connectivity index (χ0v) is 7.69. The summed E-state index contributed by atoms with van der Waals surface area (Å²) in [7, 11) is 0. The summed E-state index contributed by atoms with van der Waals surface area (Å²) in [6, 6.07) is 7.85. The molecular weight excluding hydrogens is 176 g/mol. The van der Waals surface area contributed by atoms with Crippen LogP contribution in [0.4, 0.5) is 0 Å². The average Bonchev–Trinajstić information content (AvgIpc) is 2.24. The van der Waals surface area contributed by atoms with Gasteiger partial charge in [0.1, 0.15) is 0 Å². The van der Waals surface area contributed by atoms with Crippen LogP contribution >= 0.6 is 0 Å². The molecule has 2 heteroatoms. The van der Waals surface area contributed by atoms with Crippen molar-refractivity contribution < 1.29 is 9.59 Å². The van der Waals surface area contributed by atoms with Crippen LogP contribution in [-0.2, 0) is 9.59 Å². The molecule has 0 unspecified atom stereocenters. The molecule has 0 saturated heterocycles. The van der Waals surface area contributed by atoms with Crippen molar-refractivity contribution in [3.63, 3.8) is 0 Å². The fourth-order valence-electron chi connectivity index (χ4n) is 2.68. The Morgan fingerprint density at radius 2 is 1.29 bits per heavy atom. The third kappa shape index (κ3) is 0.808. The summed E-state index contributed by atoms with van der Waals surface area (Å²) < 4.78 is 0. The van der Waals surface area contributed by atoms with Crippen LogP contribution < -0.4 is 0 Å². The summed E-state index contributed by atoms with van der Waals surface area (Å²) in [5.41, 5.74) is 2.18. The Morgan fingerprint density at radius 1 is 0.857 bits per heavy atom. The molecule has 0 radical (unpaired) electrons. The molecule has 0 heterocycles. The summed E-state index contributed by atoms with van der Waals surface area (Å²) in [4.78, 5) is 23.2. The molecule has 1 saturated carbocycles. The average molecular weight is 186 g/mol. The second-order valence-electron chi connectivity index (χ2n) is 4.04. The second kappa shape index (κ2) is 2.53. The normalized spacial score (nSPS) is 29.1. The third-order valence-electron chi connectivity index (χ3n) is 3.37. The Bertz CT molecular complexity index is 393. The maximum Gasteiger partial charge on any atom is 0.206 e. The minimum absolute atomic E-state index is 0.135. The summed E-state index contributed by atoms with van der Waals surface area (Å²) >= 11 is 0. The van der Waals surface area contributed by atoms with Crippen LogP contribution in [0, 0.1) is 0 Å². The van der Waals surface area contributed by atoms with Crippen molar-refractivity contribution >= 4 is 11.6 Å². The van der Waals surface area contributed by atoms with E-state index in [0.717, 1.165) is 24.0 Å². The Balaban J connectivity index is 2.27. The van der Waals surface area contributed by atoms with Crippen LogP contribution in [0.3, 0.4) is 0 Å². The highest BCUT2D eigenvalue weighted by Crippen LogP contribution is 2.45. The van der Waals surface area contributed by atoms with E-state index in [1.54, 1.807) is 0 Å². The van der Waals surface area contributed by atoms with Gasteiger partial charge in [-0.15, -0.1) is 0 Å². The van der Waals surface area contributed by atoms with Crippen molar-refractivity contribution in [2.24, 2.45) is 0 Å². The molecule has 1 aromatic rings. The fraction of sp³-hybridized carbons (Fsp3) is 0.333. The number of fused-ring (bicyclic) bond motifs is 2. The van der Waals surface area contributed by atoms with Gasteiger partial charge in [-0.05, 0) is 24.0 Å². The van der Waals surface area contributed by atoms with Crippen LogP contribution in [0.1, 0.15) is 35.8 Å². The van der Waals surface area contributed by atoms with E-state index in [1.807, 2.05) is 24.3 Å². The van der Waals surface area contributed by atoms with Crippen molar-refractivity contribution in [2.45, 2.75) is 24.7 Å². The maximum absolute atomic E-state index is 11.6. The number of ketones is 2. The predicted molar refractivity (Wildman–Crippen MR) is 51.2 cm³/mol. The molecule has 14 heavy (non-hydrogen) atoms. The van der Waals surface area contributed by atoms with Crippen molar-refractivity contribution in [1.29, 1.82) is 0 Å². The van der Waals surface area contributed by atoms with E-state index >= 15 is 0 Å². The first-order valence-electron chi connectivity index (χ1n) is 4.96. The van der Waals surface area contributed by atoms with Crippen LogP contribution in [0.15, 0.2) is 24.3 Å². The molecule has 2 atom stereocenters. The second-order valence-corrected chi connectivity index (χ2v) is 4.04. The van der Waals surface area contributed by atoms with Crippen LogP contribution in [-0.4, -0.2) is 11.6 Å². The number of Topliss-reactive ketones (excluding diaryl/α,β-unsaturated/α-hetero) is 2. The molecule has 0 spiro atoms. The number of carbonyl (C=O) groups excluding carboxylic acids is 2. The molecule has 3 aliphatic rings. The summed E-state index contributed by atoms with van der Waals surface area (Å²) in [5, 5.41) is 0. The molecule has 0 amide bonds. The number of benzene rings is 1. The third-order valence-corrected chi connectivity index (χ3v) is 3.37. The lowest BCUT2D eigenvalue weighted by atomic mass is 9.66. The molecule has 1 aromatic carbocycles. The van der Waals surface area contributed by atoms with E-state index in [2.05, 4.69) is 0 Å². The molecule has 70 valence electrons. The zero-order chi connectivity index (χ0) is 9.71. The lowest BCUT2D eigenvalue weighted by Crippen LogP contribution is -2.38. The number of hydrogen-bond donors (Lipinski definition) is 0. The first-order valence-corrected chi connectivity index (χ1v) is 4.96. The van der Waals surface area contributed by atoms with Crippen molar-refractivity contribution in [3.8, 4) is 0 Å². The topological polar surface area (TPSA) is 34.1 Å². The Hall–Kier alpha value is -1.44. The summed E-state index contributed by atoms with van der Waals surface area (Å²) in [6.07, 6.45) is 1.71. The van der Waals surface area contributed by atoms with Crippen LogP contribution in [0.5, 0.6) is 0 Å². The monoisotopic (exact) mass is 186 g/mol. The number of carbonyl (C=O) groups is 2. The highest BCUT2D eigenvalue weighted by atomic mass is 16.2. The van der Waals surface area contributed by atoms with Gasteiger partial charge in [0.05, 0.1) is 11.8 Å². The Labute approximate surface area is 81.9 Å². The van der Waals surface area contributed by atoms with Gasteiger partial charge in [-0.25, -0.2) is 0 Å². The minimum atomic E-state index is -0.167. The van der Waals surface area contributed by atoms with Gasteiger partial charge >= 0.3 is 0 Å². The first kappa shape index (κ1) is 7.92. The molecular formula is C12H10O2. The highest BCUT2D eigenvalue weighted by Gasteiger charge is 2.44. The standard InChI is InChI=1S/C12H10O2/c13-11-9-5-6-10(12(11)14)8-4-2-1-3-7(8)9/h1-4,9-10H,5-6H2/t9-,10-/m1/s1. The van der Waals surface area contributed by atoms with Gasteiger partial charge in [-0.1, -0.05) is 24.3 Å². The smallest absolute Gasteiger partial charge is 0.206 e. The van der Waals surface area contributed by atoms with Gasteiger partial charge in [-0.3, -0.25) is 9.59 Å². The van der Waals surface area contributed by atoms with E-state index in [0.29, 0.717) is 0 Å². The molecule has 0 aromatic heterocycles. The summed E-state index contributed by atoms with van der Waals surface area (Å²) in [6.45, 7) is 0. The highest BCUT2D eigenvalue weighted by molar-refractivity contribution is 6.43. The van der Waals surface area contributed by atoms with Crippen LogP contribution in [0.25, 0.3) is 0 Å². The molecule has 0 aliphatic heterocycles. The molecule has 3 aliphatic carbocycles. The van der Waals surface area contributed by atoms with Gasteiger partial charge in [0.25, 0.3) is 0 Å². The van der Waals surface area contributed by atoms with Crippen LogP contribution in [0.2, 0.25) is 0 Å². The van der Waals surface area contributed by atoms with E-state index in [9.17, 15) is 9.59 Å². The SMILES string of the molecule is O=C1C(=O)[C@@H]2CC[C@@H]1c1ccccc12. The molecule has 2 nitrogen and oxygen atoms in total. The zero-order valence-electron chi connectivity index (χ0n) is 7.69. The number of hydrogen-bond acceptors (Lipinski definition) is 2. The largest absolute Gasteiger partial charge is 0.290 e. The number of rotatable bonds is 0. The van der Waals surface area contributed by atoms with Gasteiger partial charge < -0.3 is 0 Å². The molecule has 4 rings (SSSR count). The molecule has 1 fully saturated rings.